The molecule has 0 radical (unpaired) electrons. The molecular weight excluding hydrogens is 430 g/mol. The number of carbonyl (C=O) groups excluding carboxylic acids is 1. The molecule has 1 fully saturated rings. The average Bonchev–Trinajstić information content (AvgIpc) is 2.76. The fourth-order valence-corrected chi connectivity index (χ4v) is 4.69. The van der Waals surface area contributed by atoms with E-state index in [1.54, 1.807) is 25.3 Å². The molecule has 2 aromatic rings. The van der Waals surface area contributed by atoms with E-state index in [2.05, 4.69) is 10.3 Å². The van der Waals surface area contributed by atoms with Gasteiger partial charge in [0.15, 0.2) is 9.84 Å². The van der Waals surface area contributed by atoms with Gasteiger partial charge in [0, 0.05) is 56.5 Å². The topological polar surface area (TPSA) is 97.8 Å². The molecule has 1 aromatic carbocycles. The summed E-state index contributed by atoms with van der Waals surface area (Å²) >= 11 is 0. The number of hydrogen-bond acceptors (Lipinski definition) is 7. The number of benzene rings is 1. The number of nitrogens with one attached hydrogen (secondary N) is 1. The Balaban J connectivity index is 2.02. The van der Waals surface area contributed by atoms with Crippen molar-refractivity contribution in [3.05, 3.63) is 30.0 Å². The predicted octanol–water partition coefficient (Wildman–Crippen LogP) is 2.66. The predicted molar refractivity (Wildman–Crippen MR) is 124 cm³/mol. The van der Waals surface area contributed by atoms with E-state index in [1.165, 1.54) is 6.07 Å². The number of fused-ring (bicyclic) bond motifs is 1. The maximum atomic E-state index is 13.5. The first-order valence-electron chi connectivity index (χ1n) is 11.0. The summed E-state index contributed by atoms with van der Waals surface area (Å²) in [5.41, 5.74) is 0.820. The average molecular weight is 464 g/mol. The van der Waals surface area contributed by atoms with E-state index in [0.29, 0.717) is 42.0 Å². The Morgan fingerprint density at radius 3 is 2.69 bits per heavy atom. The quantitative estimate of drug-likeness (QED) is 0.571. The molecule has 1 saturated heterocycles. The first kappa shape index (κ1) is 24.4. The molecule has 0 aliphatic carbocycles. The van der Waals surface area contributed by atoms with Gasteiger partial charge in [-0.2, -0.15) is 0 Å². The minimum atomic E-state index is -3.39. The Hall–Kier alpha value is -2.23. The highest BCUT2D eigenvalue weighted by atomic mass is 32.2. The van der Waals surface area contributed by atoms with Crippen molar-refractivity contribution in [1.29, 1.82) is 0 Å². The normalized spacial score (nSPS) is 17.0. The third-order valence-electron chi connectivity index (χ3n) is 5.59. The Morgan fingerprint density at radius 1 is 1.28 bits per heavy atom. The molecule has 0 unspecified atom stereocenters. The van der Waals surface area contributed by atoms with Gasteiger partial charge < -0.3 is 19.7 Å². The molecule has 32 heavy (non-hydrogen) atoms. The lowest BCUT2D eigenvalue weighted by atomic mass is 10.0. The second-order valence-corrected chi connectivity index (χ2v) is 10.5. The summed E-state index contributed by atoms with van der Waals surface area (Å²) in [6, 6.07) is 6.46. The van der Waals surface area contributed by atoms with Crippen LogP contribution < -0.4 is 10.1 Å². The number of methoxy groups -OCH3 is 1. The molecule has 8 nitrogen and oxygen atoms in total. The van der Waals surface area contributed by atoms with Gasteiger partial charge in [-0.15, -0.1) is 0 Å². The van der Waals surface area contributed by atoms with Gasteiger partial charge >= 0.3 is 0 Å². The van der Waals surface area contributed by atoms with E-state index in [0.717, 1.165) is 32.2 Å². The molecule has 0 spiro atoms. The molecule has 2 heterocycles. The van der Waals surface area contributed by atoms with Gasteiger partial charge in [0.1, 0.15) is 11.4 Å². The van der Waals surface area contributed by atoms with Gasteiger partial charge in [0.05, 0.1) is 17.0 Å². The number of nitrogens with zero attached hydrogens (tertiary/aromatic N) is 2. The Morgan fingerprint density at radius 2 is 2.06 bits per heavy atom. The fraction of sp³-hybridized carbons (Fsp3) is 0.565. The highest BCUT2D eigenvalue weighted by molar-refractivity contribution is 7.90. The van der Waals surface area contributed by atoms with Crippen LogP contribution in [0.2, 0.25) is 0 Å². The number of carbonyl (C=O) groups is 1. The number of sulfone groups is 1. The molecule has 1 aromatic heterocycles. The van der Waals surface area contributed by atoms with Crippen LogP contribution in [0.25, 0.3) is 10.9 Å². The summed E-state index contributed by atoms with van der Waals surface area (Å²) in [6.07, 6.45) is 3.80. The number of piperidine rings is 1. The maximum absolute atomic E-state index is 13.5. The number of rotatable bonds is 9. The van der Waals surface area contributed by atoms with Crippen molar-refractivity contribution in [3.63, 3.8) is 0 Å². The van der Waals surface area contributed by atoms with Gasteiger partial charge in [-0.3, -0.25) is 4.79 Å². The van der Waals surface area contributed by atoms with Crippen molar-refractivity contribution < 1.29 is 22.7 Å². The van der Waals surface area contributed by atoms with E-state index in [4.69, 9.17) is 9.47 Å². The van der Waals surface area contributed by atoms with Crippen LogP contribution in [-0.4, -0.2) is 76.0 Å². The zero-order valence-corrected chi connectivity index (χ0v) is 20.1. The van der Waals surface area contributed by atoms with Crippen molar-refractivity contribution in [3.8, 4) is 5.75 Å². The number of ether oxygens (including phenoxy) is 2. The van der Waals surface area contributed by atoms with Crippen LogP contribution in [-0.2, 0) is 14.6 Å². The van der Waals surface area contributed by atoms with Gasteiger partial charge in [0.25, 0.3) is 5.91 Å². The maximum Gasteiger partial charge on any atom is 0.273 e. The van der Waals surface area contributed by atoms with Crippen LogP contribution in [0.15, 0.2) is 29.2 Å². The zero-order valence-electron chi connectivity index (χ0n) is 19.3. The fourth-order valence-electron chi connectivity index (χ4n) is 4.04. The highest BCUT2D eigenvalue weighted by Crippen LogP contribution is 2.29. The van der Waals surface area contributed by atoms with Gasteiger partial charge in [-0.1, -0.05) is 0 Å². The summed E-state index contributed by atoms with van der Waals surface area (Å²) in [6.45, 7) is 6.66. The van der Waals surface area contributed by atoms with Crippen molar-refractivity contribution in [2.45, 2.75) is 50.1 Å². The standard InChI is InChI=1S/C23H33N3O5S/c1-16(2)26(17-7-5-10-24-15-17)23(27)21-14-22(31-12-6-11-30-3)19-13-18(32(4,28)29)8-9-20(19)25-21/h8-9,13-14,16-17,24H,5-7,10-12,15H2,1-4H3/t17-/m1/s1. The minimum Gasteiger partial charge on any atom is -0.493 e. The molecule has 1 amide bonds. The molecule has 1 N–H and O–H groups in total. The zero-order chi connectivity index (χ0) is 23.3. The van der Waals surface area contributed by atoms with Crippen molar-refractivity contribution in [2.75, 3.05) is 39.7 Å². The first-order valence-corrected chi connectivity index (χ1v) is 12.9. The van der Waals surface area contributed by atoms with E-state index in [1.807, 2.05) is 18.7 Å². The van der Waals surface area contributed by atoms with Crippen LogP contribution in [0.1, 0.15) is 43.6 Å². The number of amides is 1. The number of hydrogen-bond donors (Lipinski definition) is 1. The van der Waals surface area contributed by atoms with E-state index < -0.39 is 9.84 Å². The molecule has 1 aliphatic heterocycles. The Bertz CT molecular complexity index is 1050. The summed E-state index contributed by atoms with van der Waals surface area (Å²) in [5, 5.41) is 3.94. The summed E-state index contributed by atoms with van der Waals surface area (Å²) in [4.78, 5) is 20.2. The molecule has 0 bridgehead atoms. The van der Waals surface area contributed by atoms with Crippen molar-refractivity contribution in [1.82, 2.24) is 15.2 Å². The lowest BCUT2D eigenvalue weighted by molar-refractivity contribution is 0.0567. The van der Waals surface area contributed by atoms with Gasteiger partial charge in [0.2, 0.25) is 0 Å². The monoisotopic (exact) mass is 463 g/mol. The summed E-state index contributed by atoms with van der Waals surface area (Å²) in [5.74, 6) is 0.301. The van der Waals surface area contributed by atoms with Crippen LogP contribution in [0.5, 0.6) is 5.75 Å². The smallest absolute Gasteiger partial charge is 0.273 e. The van der Waals surface area contributed by atoms with E-state index in [-0.39, 0.29) is 22.9 Å². The molecule has 1 aliphatic rings. The van der Waals surface area contributed by atoms with Gasteiger partial charge in [-0.25, -0.2) is 13.4 Å². The molecule has 1 atom stereocenters. The second kappa shape index (κ2) is 10.6. The lowest BCUT2D eigenvalue weighted by Gasteiger charge is -2.37. The minimum absolute atomic E-state index is 0.0172. The summed E-state index contributed by atoms with van der Waals surface area (Å²) < 4.78 is 35.2. The van der Waals surface area contributed by atoms with Crippen molar-refractivity contribution in [2.24, 2.45) is 0 Å². The SMILES string of the molecule is COCCCOc1cc(C(=O)N(C(C)C)[C@@H]2CCCNC2)nc2ccc(S(C)(=O)=O)cc12. The molecular formula is C23H33N3O5S. The third-order valence-corrected chi connectivity index (χ3v) is 6.71. The highest BCUT2D eigenvalue weighted by Gasteiger charge is 2.30. The van der Waals surface area contributed by atoms with Crippen LogP contribution in [0, 0.1) is 0 Å². The Kier molecular flexibility index (Phi) is 8.08. The van der Waals surface area contributed by atoms with Crippen LogP contribution in [0.4, 0.5) is 0 Å². The van der Waals surface area contributed by atoms with Crippen LogP contribution in [0.3, 0.4) is 0 Å². The molecule has 0 saturated carbocycles. The largest absolute Gasteiger partial charge is 0.493 e. The van der Waals surface area contributed by atoms with E-state index >= 15 is 0 Å². The molecule has 9 heteroatoms. The molecule has 3 rings (SSSR count). The Labute approximate surface area is 190 Å². The lowest BCUT2D eigenvalue weighted by Crippen LogP contribution is -2.51. The first-order chi connectivity index (χ1) is 15.2. The van der Waals surface area contributed by atoms with Gasteiger partial charge in [-0.05, 0) is 51.4 Å². The summed E-state index contributed by atoms with van der Waals surface area (Å²) in [7, 11) is -1.77. The molecule has 176 valence electrons. The third kappa shape index (κ3) is 5.76. The van der Waals surface area contributed by atoms with E-state index in [9.17, 15) is 13.2 Å². The number of aromatic nitrogens is 1. The van der Waals surface area contributed by atoms with Crippen molar-refractivity contribution >= 4 is 26.6 Å². The van der Waals surface area contributed by atoms with Crippen LogP contribution >= 0.6 is 0 Å². The number of pyridine rings is 1. The second-order valence-electron chi connectivity index (χ2n) is 8.46.